The fourth-order valence-corrected chi connectivity index (χ4v) is 4.03. The molecule has 2 aliphatic carbocycles. The molecule has 6 heteroatoms. The molecule has 0 aliphatic heterocycles. The Kier molecular flexibility index (Phi) is 3.80. The smallest absolute Gasteiger partial charge is 0.203 e. The van der Waals surface area contributed by atoms with E-state index in [1.165, 1.54) is 0 Å². The van der Waals surface area contributed by atoms with E-state index in [2.05, 4.69) is 0 Å². The lowest BCUT2D eigenvalue weighted by molar-refractivity contribution is -0.0687. The van der Waals surface area contributed by atoms with E-state index in [0.717, 1.165) is 32.1 Å². The molecule has 1 aromatic carbocycles. The summed E-state index contributed by atoms with van der Waals surface area (Å²) in [6.45, 7) is 0. The maximum atomic E-state index is 13.7. The molecule has 1 nitrogen and oxygen atoms in total. The molecule has 2 aliphatic rings. The standard InChI is InChI=1S/C15H15ClF4O/c16-10-7-11(15(10)4-2-1-3-5-15)21-14-12(19)8(17)6-9(18)13(14)20/h6,10-11H,1-5,7H2. The molecule has 0 bridgehead atoms. The monoisotopic (exact) mass is 322 g/mol. The highest BCUT2D eigenvalue weighted by Crippen LogP contribution is 2.56. The molecule has 2 fully saturated rings. The zero-order valence-electron chi connectivity index (χ0n) is 11.3. The average Bonchev–Trinajstić information content (AvgIpc) is 2.49. The van der Waals surface area contributed by atoms with Crippen LogP contribution in [0.2, 0.25) is 0 Å². The van der Waals surface area contributed by atoms with Crippen LogP contribution in [-0.2, 0) is 0 Å². The Hall–Kier alpha value is -0.970. The van der Waals surface area contributed by atoms with Crippen molar-refractivity contribution in [3.63, 3.8) is 0 Å². The van der Waals surface area contributed by atoms with Crippen molar-refractivity contribution in [1.29, 1.82) is 0 Å². The molecule has 0 saturated heterocycles. The minimum absolute atomic E-state index is 0.118. The number of rotatable bonds is 2. The van der Waals surface area contributed by atoms with Crippen molar-refractivity contribution in [2.75, 3.05) is 0 Å². The second-order valence-corrected chi connectivity index (χ2v) is 6.43. The molecule has 1 spiro atoms. The second kappa shape index (κ2) is 5.34. The number of halogens is 5. The van der Waals surface area contributed by atoms with Crippen LogP contribution in [0.4, 0.5) is 17.6 Å². The lowest BCUT2D eigenvalue weighted by atomic mass is 9.58. The summed E-state index contributed by atoms with van der Waals surface area (Å²) in [5.41, 5.74) is -0.332. The highest BCUT2D eigenvalue weighted by molar-refractivity contribution is 6.21. The molecule has 2 unspecified atom stereocenters. The molecule has 0 heterocycles. The van der Waals surface area contributed by atoms with Crippen molar-refractivity contribution in [1.82, 2.24) is 0 Å². The summed E-state index contributed by atoms with van der Waals surface area (Å²) in [5, 5.41) is -0.118. The Bertz CT molecular complexity index is 531. The van der Waals surface area contributed by atoms with Gasteiger partial charge in [-0.15, -0.1) is 11.6 Å². The van der Waals surface area contributed by atoms with Crippen LogP contribution in [0.3, 0.4) is 0 Å². The molecule has 1 aromatic rings. The number of benzene rings is 1. The van der Waals surface area contributed by atoms with Gasteiger partial charge in [0.2, 0.25) is 11.6 Å². The van der Waals surface area contributed by atoms with Crippen LogP contribution < -0.4 is 4.74 Å². The van der Waals surface area contributed by atoms with E-state index < -0.39 is 35.1 Å². The summed E-state index contributed by atoms with van der Waals surface area (Å²) in [6, 6.07) is 0.180. The van der Waals surface area contributed by atoms with Crippen LogP contribution in [0.1, 0.15) is 38.5 Å². The van der Waals surface area contributed by atoms with Gasteiger partial charge in [0.15, 0.2) is 17.4 Å². The van der Waals surface area contributed by atoms with Gasteiger partial charge in [0.25, 0.3) is 0 Å². The van der Waals surface area contributed by atoms with Crippen molar-refractivity contribution in [2.45, 2.75) is 50.0 Å². The first-order valence-corrected chi connectivity index (χ1v) is 7.53. The third-order valence-corrected chi connectivity index (χ3v) is 5.41. The molecule has 2 atom stereocenters. The first-order valence-electron chi connectivity index (χ1n) is 7.09. The van der Waals surface area contributed by atoms with E-state index in [-0.39, 0.29) is 16.9 Å². The Morgan fingerprint density at radius 1 is 1.00 bits per heavy atom. The molecule has 0 radical (unpaired) electrons. The summed E-state index contributed by atoms with van der Waals surface area (Å²) in [5.74, 6) is -6.85. The predicted octanol–water partition coefficient (Wildman–Crippen LogP) is 4.95. The van der Waals surface area contributed by atoms with Gasteiger partial charge in [0.1, 0.15) is 6.10 Å². The average molecular weight is 323 g/mol. The predicted molar refractivity (Wildman–Crippen MR) is 70.5 cm³/mol. The van der Waals surface area contributed by atoms with E-state index in [1.54, 1.807) is 0 Å². The highest BCUT2D eigenvalue weighted by Gasteiger charge is 2.56. The van der Waals surface area contributed by atoms with Crippen molar-refractivity contribution in [2.24, 2.45) is 5.41 Å². The molecule has 0 amide bonds. The van der Waals surface area contributed by atoms with Gasteiger partial charge in [-0.1, -0.05) is 19.3 Å². The minimum atomic E-state index is -1.49. The quantitative estimate of drug-likeness (QED) is 0.425. The molecule has 3 rings (SSSR count). The fourth-order valence-electron chi connectivity index (χ4n) is 3.51. The van der Waals surface area contributed by atoms with Crippen LogP contribution in [-0.4, -0.2) is 11.5 Å². The van der Waals surface area contributed by atoms with Crippen LogP contribution in [0.25, 0.3) is 0 Å². The van der Waals surface area contributed by atoms with Crippen LogP contribution in [0.15, 0.2) is 6.07 Å². The maximum absolute atomic E-state index is 13.7. The van der Waals surface area contributed by atoms with Gasteiger partial charge in [-0.25, -0.2) is 8.78 Å². The largest absolute Gasteiger partial charge is 0.484 e. The zero-order valence-corrected chi connectivity index (χ0v) is 12.0. The van der Waals surface area contributed by atoms with E-state index in [1.807, 2.05) is 0 Å². The van der Waals surface area contributed by atoms with Crippen molar-refractivity contribution < 1.29 is 22.3 Å². The Morgan fingerprint density at radius 2 is 1.57 bits per heavy atom. The zero-order chi connectivity index (χ0) is 15.2. The van der Waals surface area contributed by atoms with E-state index in [4.69, 9.17) is 16.3 Å². The third-order valence-electron chi connectivity index (χ3n) is 4.80. The maximum Gasteiger partial charge on any atom is 0.203 e. The normalized spacial score (nSPS) is 27.5. The minimum Gasteiger partial charge on any atom is -0.484 e. The van der Waals surface area contributed by atoms with Crippen LogP contribution in [0, 0.1) is 28.7 Å². The summed E-state index contributed by atoms with van der Waals surface area (Å²) in [4.78, 5) is 0. The van der Waals surface area contributed by atoms with Gasteiger partial charge in [-0.2, -0.15) is 8.78 Å². The van der Waals surface area contributed by atoms with Crippen molar-refractivity contribution >= 4 is 11.6 Å². The summed E-state index contributed by atoms with van der Waals surface area (Å²) in [7, 11) is 0. The van der Waals surface area contributed by atoms with Crippen molar-refractivity contribution in [3.05, 3.63) is 29.3 Å². The topological polar surface area (TPSA) is 9.23 Å². The molecule has 116 valence electrons. The van der Waals surface area contributed by atoms with E-state index in [0.29, 0.717) is 6.42 Å². The first-order chi connectivity index (χ1) is 9.95. The summed E-state index contributed by atoms with van der Waals surface area (Å²) < 4.78 is 59.1. The van der Waals surface area contributed by atoms with Gasteiger partial charge in [0.05, 0.1) is 0 Å². The Labute approximate surface area is 125 Å². The van der Waals surface area contributed by atoms with Gasteiger partial charge in [-0.05, 0) is 12.8 Å². The van der Waals surface area contributed by atoms with Gasteiger partial charge in [0, 0.05) is 23.3 Å². The van der Waals surface area contributed by atoms with E-state index in [9.17, 15) is 17.6 Å². The molecular formula is C15H15ClF4O. The SMILES string of the molecule is Fc1cc(F)c(F)c(OC2CC(Cl)C23CCCCC3)c1F. The number of ether oxygens (including phenoxy) is 1. The van der Waals surface area contributed by atoms with Gasteiger partial charge < -0.3 is 4.74 Å². The Balaban J connectivity index is 1.88. The molecular weight excluding hydrogens is 308 g/mol. The summed E-state index contributed by atoms with van der Waals surface area (Å²) >= 11 is 6.27. The molecule has 21 heavy (non-hydrogen) atoms. The number of alkyl halides is 1. The third kappa shape index (κ3) is 2.30. The van der Waals surface area contributed by atoms with E-state index >= 15 is 0 Å². The fraction of sp³-hybridized carbons (Fsp3) is 0.600. The summed E-state index contributed by atoms with van der Waals surface area (Å²) in [6.07, 6.45) is 4.61. The lowest BCUT2D eigenvalue weighted by Gasteiger charge is -2.54. The number of hydrogen-bond donors (Lipinski definition) is 0. The number of hydrogen-bond acceptors (Lipinski definition) is 1. The molecule has 2 saturated carbocycles. The molecule has 0 aromatic heterocycles. The second-order valence-electron chi connectivity index (χ2n) is 5.90. The first kappa shape index (κ1) is 14.9. The lowest BCUT2D eigenvalue weighted by Crippen LogP contribution is -2.58. The highest BCUT2D eigenvalue weighted by atomic mass is 35.5. The van der Waals surface area contributed by atoms with Gasteiger partial charge >= 0.3 is 0 Å². The van der Waals surface area contributed by atoms with Crippen LogP contribution in [0.5, 0.6) is 5.75 Å². The van der Waals surface area contributed by atoms with Gasteiger partial charge in [-0.3, -0.25) is 0 Å². The van der Waals surface area contributed by atoms with Crippen LogP contribution >= 0.6 is 11.6 Å². The molecule has 0 N–H and O–H groups in total. The van der Waals surface area contributed by atoms with Crippen molar-refractivity contribution in [3.8, 4) is 5.75 Å². The Morgan fingerprint density at radius 3 is 2.10 bits per heavy atom.